The Hall–Kier alpha value is -2.37. The maximum Gasteiger partial charge on any atom is 0.338 e. The van der Waals surface area contributed by atoms with Crippen molar-refractivity contribution in [2.75, 3.05) is 26.0 Å². The summed E-state index contributed by atoms with van der Waals surface area (Å²) in [6.07, 6.45) is 3.32. The van der Waals surface area contributed by atoms with E-state index in [1.165, 1.54) is 54.1 Å². The molecule has 1 aliphatic heterocycles. The number of carbonyl (C=O) groups is 3. The van der Waals surface area contributed by atoms with E-state index >= 15 is 0 Å². The molecule has 1 saturated carbocycles. The number of thioether (sulfide) groups is 1. The van der Waals surface area contributed by atoms with Gasteiger partial charge in [-0.25, -0.2) is 22.7 Å². The molecule has 11 heteroatoms. The fourth-order valence-electron chi connectivity index (χ4n) is 2.66. The Balaban J connectivity index is 1.48. The van der Waals surface area contributed by atoms with Crippen molar-refractivity contribution in [3.05, 3.63) is 40.9 Å². The molecule has 0 atom stereocenters. The summed E-state index contributed by atoms with van der Waals surface area (Å²) >= 11 is 1.25. The molecule has 1 aliphatic carbocycles. The Kier molecular flexibility index (Phi) is 7.16. The first-order valence-corrected chi connectivity index (χ1v) is 11.8. The number of sulfonamides is 1. The van der Waals surface area contributed by atoms with Gasteiger partial charge in [-0.15, -0.1) is 0 Å². The van der Waals surface area contributed by atoms with E-state index in [-0.39, 0.29) is 34.8 Å². The zero-order valence-corrected chi connectivity index (χ0v) is 18.0. The van der Waals surface area contributed by atoms with Gasteiger partial charge in [-0.1, -0.05) is 11.8 Å². The zero-order chi connectivity index (χ0) is 21.7. The molecule has 0 aromatic heterocycles. The van der Waals surface area contributed by atoms with E-state index in [1.807, 2.05) is 0 Å². The third kappa shape index (κ3) is 5.83. The first kappa shape index (κ1) is 22.3. The fourth-order valence-corrected chi connectivity index (χ4v) is 4.92. The first-order chi connectivity index (χ1) is 14.3. The SMILES string of the molecule is COC(=O)/C=C1/SCC(=O)N1CCCOC(=O)c1ccc(S(=O)(=O)NC2CC2)cc1. The van der Waals surface area contributed by atoms with E-state index in [2.05, 4.69) is 9.46 Å². The number of hydrogen-bond donors (Lipinski definition) is 1. The van der Waals surface area contributed by atoms with E-state index in [0.717, 1.165) is 12.8 Å². The summed E-state index contributed by atoms with van der Waals surface area (Å²) in [6, 6.07) is 5.54. The van der Waals surface area contributed by atoms with Crippen molar-refractivity contribution in [1.82, 2.24) is 9.62 Å². The second-order valence-electron chi connectivity index (χ2n) is 6.75. The predicted molar refractivity (Wildman–Crippen MR) is 109 cm³/mol. The summed E-state index contributed by atoms with van der Waals surface area (Å²) in [5.74, 6) is -1.01. The average molecular weight is 455 g/mol. The molecule has 162 valence electrons. The lowest BCUT2D eigenvalue weighted by atomic mass is 10.2. The number of nitrogens with one attached hydrogen (secondary N) is 1. The van der Waals surface area contributed by atoms with Gasteiger partial charge >= 0.3 is 11.9 Å². The fraction of sp³-hybridized carbons (Fsp3) is 0.421. The number of carbonyl (C=O) groups excluding carboxylic acids is 3. The lowest BCUT2D eigenvalue weighted by molar-refractivity contribution is -0.134. The minimum atomic E-state index is -3.57. The molecule has 0 unspecified atom stereocenters. The topological polar surface area (TPSA) is 119 Å². The molecule has 2 aliphatic rings. The first-order valence-electron chi connectivity index (χ1n) is 9.32. The molecule has 1 saturated heterocycles. The summed E-state index contributed by atoms with van der Waals surface area (Å²) in [5, 5.41) is 0.509. The second-order valence-corrected chi connectivity index (χ2v) is 9.46. The van der Waals surface area contributed by atoms with E-state index in [9.17, 15) is 22.8 Å². The molecule has 0 bridgehead atoms. The summed E-state index contributed by atoms with van der Waals surface area (Å²) < 4.78 is 36.6. The smallest absolute Gasteiger partial charge is 0.338 e. The second kappa shape index (κ2) is 9.63. The molecular weight excluding hydrogens is 432 g/mol. The molecule has 0 spiro atoms. The third-order valence-corrected chi connectivity index (χ3v) is 6.97. The van der Waals surface area contributed by atoms with Crippen LogP contribution in [-0.2, 0) is 29.1 Å². The van der Waals surface area contributed by atoms with Crippen LogP contribution in [-0.4, -0.2) is 63.2 Å². The number of esters is 2. The number of benzene rings is 1. The lowest BCUT2D eigenvalue weighted by Crippen LogP contribution is -2.27. The molecule has 0 radical (unpaired) electrons. The highest BCUT2D eigenvalue weighted by molar-refractivity contribution is 8.04. The van der Waals surface area contributed by atoms with Gasteiger partial charge in [0.25, 0.3) is 0 Å². The number of hydrogen-bond acceptors (Lipinski definition) is 8. The average Bonchev–Trinajstić information content (AvgIpc) is 3.47. The van der Waals surface area contributed by atoms with Crippen molar-refractivity contribution in [2.45, 2.75) is 30.2 Å². The Morgan fingerprint density at radius 3 is 2.60 bits per heavy atom. The van der Waals surface area contributed by atoms with Crippen molar-refractivity contribution in [3.8, 4) is 0 Å². The van der Waals surface area contributed by atoms with Gasteiger partial charge in [-0.05, 0) is 43.5 Å². The van der Waals surface area contributed by atoms with Crippen molar-refractivity contribution in [1.29, 1.82) is 0 Å². The van der Waals surface area contributed by atoms with Crippen LogP contribution in [0.1, 0.15) is 29.6 Å². The van der Waals surface area contributed by atoms with Crippen LogP contribution in [0, 0.1) is 0 Å². The van der Waals surface area contributed by atoms with Crippen molar-refractivity contribution in [2.24, 2.45) is 0 Å². The Labute approximate surface area is 178 Å². The molecule has 9 nitrogen and oxygen atoms in total. The molecule has 1 amide bonds. The number of ether oxygens (including phenoxy) is 2. The van der Waals surface area contributed by atoms with E-state index < -0.39 is 22.0 Å². The molecule has 3 rings (SSSR count). The van der Waals surface area contributed by atoms with Gasteiger partial charge in [-0.3, -0.25) is 4.79 Å². The van der Waals surface area contributed by atoms with Gasteiger partial charge in [0.15, 0.2) is 0 Å². The summed E-state index contributed by atoms with van der Waals surface area (Å²) in [6.45, 7) is 0.369. The van der Waals surface area contributed by atoms with E-state index in [4.69, 9.17) is 4.74 Å². The van der Waals surface area contributed by atoms with Crippen LogP contribution in [0.3, 0.4) is 0 Å². The van der Waals surface area contributed by atoms with Crippen molar-refractivity contribution >= 4 is 39.6 Å². The van der Waals surface area contributed by atoms with Gasteiger partial charge in [0.2, 0.25) is 15.9 Å². The summed E-state index contributed by atoms with van der Waals surface area (Å²) in [4.78, 5) is 37.0. The van der Waals surface area contributed by atoms with Gasteiger partial charge in [0.05, 0.1) is 41.0 Å². The predicted octanol–water partition coefficient (Wildman–Crippen LogP) is 1.26. The highest BCUT2D eigenvalue weighted by atomic mass is 32.2. The van der Waals surface area contributed by atoms with E-state index in [0.29, 0.717) is 18.0 Å². The minimum absolute atomic E-state index is 0.00325. The number of nitrogens with zero attached hydrogens (tertiary/aromatic N) is 1. The van der Waals surface area contributed by atoms with Crippen LogP contribution >= 0.6 is 11.8 Å². The largest absolute Gasteiger partial charge is 0.466 e. The number of amides is 1. The van der Waals surface area contributed by atoms with Crippen LogP contribution in [0.15, 0.2) is 40.3 Å². The molecule has 30 heavy (non-hydrogen) atoms. The maximum absolute atomic E-state index is 12.2. The molecule has 1 aromatic carbocycles. The van der Waals surface area contributed by atoms with Gasteiger partial charge in [-0.2, -0.15) is 0 Å². The van der Waals surface area contributed by atoms with Gasteiger partial charge < -0.3 is 14.4 Å². The Morgan fingerprint density at radius 1 is 1.27 bits per heavy atom. The van der Waals surface area contributed by atoms with Crippen molar-refractivity contribution in [3.63, 3.8) is 0 Å². The Morgan fingerprint density at radius 2 is 1.97 bits per heavy atom. The number of methoxy groups -OCH3 is 1. The molecular formula is C19H22N2O7S2. The third-order valence-electron chi connectivity index (χ3n) is 4.41. The molecule has 1 heterocycles. The van der Waals surface area contributed by atoms with Gasteiger partial charge in [0, 0.05) is 12.6 Å². The lowest BCUT2D eigenvalue weighted by Gasteiger charge is -2.16. The quantitative estimate of drug-likeness (QED) is 0.337. The van der Waals surface area contributed by atoms with Crippen LogP contribution in [0.25, 0.3) is 0 Å². The highest BCUT2D eigenvalue weighted by Gasteiger charge is 2.28. The molecule has 1 aromatic rings. The Bertz CT molecular complexity index is 954. The standard InChI is InChI=1S/C19H22N2O7S2/c1-27-18(23)11-17-21(16(22)12-29-17)9-2-10-28-19(24)13-3-7-15(8-4-13)30(25,26)20-14-5-6-14/h3-4,7-8,11,14,20H,2,5-6,9-10,12H2,1H3/b17-11+. The molecule has 2 fully saturated rings. The maximum atomic E-state index is 12.2. The van der Waals surface area contributed by atoms with Crippen molar-refractivity contribution < 1.29 is 32.3 Å². The summed E-state index contributed by atoms with van der Waals surface area (Å²) in [7, 11) is -2.31. The zero-order valence-electron chi connectivity index (χ0n) is 16.3. The van der Waals surface area contributed by atoms with Crippen LogP contribution in [0.2, 0.25) is 0 Å². The van der Waals surface area contributed by atoms with Crippen LogP contribution < -0.4 is 4.72 Å². The summed E-state index contributed by atoms with van der Waals surface area (Å²) in [5.41, 5.74) is 0.236. The highest BCUT2D eigenvalue weighted by Crippen LogP contribution is 2.28. The van der Waals surface area contributed by atoms with E-state index in [1.54, 1.807) is 0 Å². The minimum Gasteiger partial charge on any atom is -0.466 e. The van der Waals surface area contributed by atoms with Crippen LogP contribution in [0.5, 0.6) is 0 Å². The normalized spacial score (nSPS) is 18.0. The molecule has 1 N–H and O–H groups in total. The number of rotatable bonds is 9. The monoisotopic (exact) mass is 454 g/mol. The van der Waals surface area contributed by atoms with Crippen LogP contribution in [0.4, 0.5) is 0 Å². The van der Waals surface area contributed by atoms with Gasteiger partial charge in [0.1, 0.15) is 0 Å².